The van der Waals surface area contributed by atoms with Crippen LogP contribution >= 0.6 is 40.3 Å². The number of thiol groups is 1. The van der Waals surface area contributed by atoms with E-state index in [1.165, 1.54) is 32.1 Å². The van der Waals surface area contributed by atoms with Crippen LogP contribution in [0.5, 0.6) is 0 Å². The van der Waals surface area contributed by atoms with Crippen molar-refractivity contribution < 1.29 is 4.79 Å². The zero-order valence-corrected chi connectivity index (χ0v) is 14.9. The van der Waals surface area contributed by atoms with Crippen molar-refractivity contribution in [3.05, 3.63) is 28.2 Å². The topological polar surface area (TPSA) is 29.1 Å². The molecule has 2 nitrogen and oxygen atoms in total. The van der Waals surface area contributed by atoms with E-state index in [-0.39, 0.29) is 10.7 Å². The number of nitrogens with one attached hydrogen (secondary N) is 1. The van der Waals surface area contributed by atoms with E-state index >= 15 is 0 Å². The molecule has 0 aliphatic heterocycles. The number of hydrogen-bond donors (Lipinski definition) is 2. The van der Waals surface area contributed by atoms with Crippen LogP contribution in [0.4, 0.5) is 0 Å². The molecule has 2 rings (SSSR count). The van der Waals surface area contributed by atoms with E-state index in [9.17, 15) is 4.79 Å². The molecule has 0 unspecified atom stereocenters. The third-order valence-corrected chi connectivity index (χ3v) is 6.35. The van der Waals surface area contributed by atoms with Gasteiger partial charge >= 0.3 is 0 Å². The van der Waals surface area contributed by atoms with Crippen molar-refractivity contribution >= 4 is 46.2 Å². The average Bonchev–Trinajstić information content (AvgIpc) is 2.48. The van der Waals surface area contributed by atoms with Gasteiger partial charge in [0.05, 0.1) is 5.56 Å². The third-order valence-electron chi connectivity index (χ3n) is 3.96. The molecule has 1 N–H and O–H groups in total. The summed E-state index contributed by atoms with van der Waals surface area (Å²) in [6, 6.07) is 5.53. The first kappa shape index (κ1) is 16.2. The maximum absolute atomic E-state index is 12.3. The highest BCUT2D eigenvalue weighted by Gasteiger charge is 2.31. The van der Waals surface area contributed by atoms with Gasteiger partial charge in [0.1, 0.15) is 0 Å². The van der Waals surface area contributed by atoms with Gasteiger partial charge in [-0.3, -0.25) is 4.79 Å². The number of carbonyl (C=O) groups excluding carboxylic acids is 1. The average molecular weight is 374 g/mol. The van der Waals surface area contributed by atoms with E-state index in [2.05, 4.69) is 40.1 Å². The molecular weight excluding hydrogens is 354 g/mol. The fourth-order valence-corrected chi connectivity index (χ4v) is 4.22. The first-order valence-electron chi connectivity index (χ1n) is 6.88. The minimum Gasteiger partial charge on any atom is -0.351 e. The monoisotopic (exact) mass is 373 g/mol. The number of thioether (sulfide) groups is 1. The molecular formula is C15H20BrNOS2. The molecule has 0 bridgehead atoms. The SMILES string of the molecule is CSC1(CNC(=O)c2cc(S)ccc2Br)CCCCC1. The number of hydrogen-bond acceptors (Lipinski definition) is 3. The standard InChI is InChI=1S/C15H20BrNOS2/c1-20-15(7-3-2-4-8-15)10-17-14(18)12-9-11(19)5-6-13(12)16/h5-6,9,19H,2-4,7-8,10H2,1H3,(H,17,18). The second-order valence-electron chi connectivity index (χ2n) is 5.29. The molecule has 0 spiro atoms. The fraction of sp³-hybridized carbons (Fsp3) is 0.533. The van der Waals surface area contributed by atoms with Crippen molar-refractivity contribution in [1.29, 1.82) is 0 Å². The summed E-state index contributed by atoms with van der Waals surface area (Å²) in [6.45, 7) is 0.746. The maximum atomic E-state index is 12.3. The van der Waals surface area contributed by atoms with Crippen molar-refractivity contribution in [2.45, 2.75) is 41.7 Å². The number of amides is 1. The van der Waals surface area contributed by atoms with Crippen LogP contribution in [0, 0.1) is 0 Å². The lowest BCUT2D eigenvalue weighted by atomic mass is 9.88. The molecule has 1 amide bonds. The molecule has 0 atom stereocenters. The Hall–Kier alpha value is -0.130. The molecule has 1 saturated carbocycles. The second-order valence-corrected chi connectivity index (χ2v) is 7.94. The predicted molar refractivity (Wildman–Crippen MR) is 93.1 cm³/mol. The Balaban J connectivity index is 2.02. The summed E-state index contributed by atoms with van der Waals surface area (Å²) >= 11 is 9.62. The van der Waals surface area contributed by atoms with Crippen molar-refractivity contribution in [3.63, 3.8) is 0 Å². The molecule has 1 fully saturated rings. The Bertz CT molecular complexity index is 487. The van der Waals surface area contributed by atoms with E-state index in [4.69, 9.17) is 0 Å². The summed E-state index contributed by atoms with van der Waals surface area (Å²) in [5, 5.41) is 3.10. The highest BCUT2D eigenvalue weighted by Crippen LogP contribution is 2.38. The largest absolute Gasteiger partial charge is 0.351 e. The van der Waals surface area contributed by atoms with E-state index < -0.39 is 0 Å². The molecule has 1 aliphatic rings. The number of rotatable bonds is 4. The molecule has 0 saturated heterocycles. The lowest BCUT2D eigenvalue weighted by molar-refractivity contribution is 0.0946. The smallest absolute Gasteiger partial charge is 0.252 e. The van der Waals surface area contributed by atoms with E-state index in [1.807, 2.05) is 23.9 Å². The van der Waals surface area contributed by atoms with Crippen LogP contribution in [-0.2, 0) is 0 Å². The van der Waals surface area contributed by atoms with Gasteiger partial charge in [0, 0.05) is 20.7 Å². The van der Waals surface area contributed by atoms with Crippen LogP contribution in [0.25, 0.3) is 0 Å². The van der Waals surface area contributed by atoms with Crippen LogP contribution in [0.1, 0.15) is 42.5 Å². The number of carbonyl (C=O) groups is 1. The second kappa shape index (κ2) is 7.23. The summed E-state index contributed by atoms with van der Waals surface area (Å²) in [5.41, 5.74) is 0.657. The van der Waals surface area contributed by atoms with E-state index in [0.717, 1.165) is 15.9 Å². The third kappa shape index (κ3) is 3.95. The lowest BCUT2D eigenvalue weighted by Gasteiger charge is -2.35. The molecule has 1 aromatic carbocycles. The molecule has 5 heteroatoms. The summed E-state index contributed by atoms with van der Waals surface area (Å²) in [5.74, 6) is -0.0215. The van der Waals surface area contributed by atoms with E-state index in [1.54, 1.807) is 6.07 Å². The first-order valence-corrected chi connectivity index (χ1v) is 9.35. The van der Waals surface area contributed by atoms with Crippen LogP contribution in [-0.4, -0.2) is 23.5 Å². The summed E-state index contributed by atoms with van der Waals surface area (Å²) in [6.07, 6.45) is 8.41. The molecule has 1 aliphatic carbocycles. The number of halogens is 1. The quantitative estimate of drug-likeness (QED) is 0.758. The van der Waals surface area contributed by atoms with Crippen LogP contribution < -0.4 is 5.32 Å². The van der Waals surface area contributed by atoms with Gasteiger partial charge in [0.25, 0.3) is 5.91 Å². The summed E-state index contributed by atoms with van der Waals surface area (Å²) in [4.78, 5) is 13.1. The Kier molecular flexibility index (Phi) is 5.87. The Morgan fingerprint density at radius 2 is 2.10 bits per heavy atom. The minimum atomic E-state index is -0.0215. The van der Waals surface area contributed by atoms with Crippen LogP contribution in [0.15, 0.2) is 27.6 Å². The van der Waals surface area contributed by atoms with Gasteiger partial charge in [0.15, 0.2) is 0 Å². The Morgan fingerprint density at radius 3 is 2.75 bits per heavy atom. The van der Waals surface area contributed by atoms with Gasteiger partial charge in [-0.05, 0) is 53.2 Å². The summed E-state index contributed by atoms with van der Waals surface area (Å²) in [7, 11) is 0. The van der Waals surface area contributed by atoms with Gasteiger partial charge in [-0.25, -0.2) is 0 Å². The lowest BCUT2D eigenvalue weighted by Crippen LogP contribution is -2.41. The van der Waals surface area contributed by atoms with Gasteiger partial charge in [-0.2, -0.15) is 11.8 Å². The Morgan fingerprint density at radius 1 is 1.40 bits per heavy atom. The van der Waals surface area contributed by atoms with Crippen molar-refractivity contribution in [2.24, 2.45) is 0 Å². The summed E-state index contributed by atoms with van der Waals surface area (Å²) < 4.78 is 1.04. The predicted octanol–water partition coefficient (Wildman–Crippen LogP) is 4.53. The maximum Gasteiger partial charge on any atom is 0.252 e. The Labute approximate surface area is 139 Å². The normalized spacial score (nSPS) is 17.8. The molecule has 1 aromatic rings. The van der Waals surface area contributed by atoms with Gasteiger partial charge in [-0.15, -0.1) is 12.6 Å². The van der Waals surface area contributed by atoms with Gasteiger partial charge in [0.2, 0.25) is 0 Å². The molecule has 110 valence electrons. The van der Waals surface area contributed by atoms with Crippen molar-refractivity contribution in [3.8, 4) is 0 Å². The number of benzene rings is 1. The minimum absolute atomic E-state index is 0.0215. The molecule has 20 heavy (non-hydrogen) atoms. The zero-order chi connectivity index (χ0) is 14.6. The fourth-order valence-electron chi connectivity index (χ4n) is 2.67. The zero-order valence-electron chi connectivity index (χ0n) is 11.6. The van der Waals surface area contributed by atoms with E-state index in [0.29, 0.717) is 5.56 Å². The van der Waals surface area contributed by atoms with Crippen LogP contribution in [0.2, 0.25) is 0 Å². The highest BCUT2D eigenvalue weighted by molar-refractivity contribution is 9.10. The molecule has 0 heterocycles. The molecule has 0 aromatic heterocycles. The molecule has 0 radical (unpaired) electrons. The highest BCUT2D eigenvalue weighted by atomic mass is 79.9. The van der Waals surface area contributed by atoms with Gasteiger partial charge in [-0.1, -0.05) is 19.3 Å². The van der Waals surface area contributed by atoms with Crippen molar-refractivity contribution in [1.82, 2.24) is 5.32 Å². The van der Waals surface area contributed by atoms with Crippen LogP contribution in [0.3, 0.4) is 0 Å². The first-order chi connectivity index (χ1) is 9.56. The van der Waals surface area contributed by atoms with Crippen molar-refractivity contribution in [2.75, 3.05) is 12.8 Å². The van der Waals surface area contributed by atoms with Gasteiger partial charge < -0.3 is 5.32 Å².